The molecule has 3 rings (SSSR count). The van der Waals surface area contributed by atoms with Crippen LogP contribution in [-0.4, -0.2) is 34.2 Å². The van der Waals surface area contributed by atoms with E-state index in [-0.39, 0.29) is 6.67 Å². The predicted octanol–water partition coefficient (Wildman–Crippen LogP) is 8.39. The van der Waals surface area contributed by atoms with Gasteiger partial charge in [-0.25, -0.2) is 4.39 Å². The molecule has 9 heteroatoms. The van der Waals surface area contributed by atoms with E-state index < -0.39 is 39.1 Å². The summed E-state index contributed by atoms with van der Waals surface area (Å²) in [5.41, 5.74) is 2.35. The summed E-state index contributed by atoms with van der Waals surface area (Å²) in [6, 6.07) is 15.2. The third-order valence-corrected chi connectivity index (χ3v) is 10.4. The van der Waals surface area contributed by atoms with Crippen LogP contribution in [0, 0.1) is 11.7 Å². The van der Waals surface area contributed by atoms with E-state index in [1.54, 1.807) is 0 Å². The van der Waals surface area contributed by atoms with Gasteiger partial charge >= 0.3 is 12.1 Å². The minimum Gasteiger partial charge on any atom is -0.484 e. The van der Waals surface area contributed by atoms with Gasteiger partial charge in [0.1, 0.15) is 0 Å². The van der Waals surface area contributed by atoms with Crippen LogP contribution in [0.4, 0.5) is 30.7 Å². The van der Waals surface area contributed by atoms with Crippen molar-refractivity contribution in [3.8, 4) is 16.9 Å². The maximum atomic E-state index is 14.3. The van der Waals surface area contributed by atoms with Gasteiger partial charge in [-0.1, -0.05) is 67.7 Å². The van der Waals surface area contributed by atoms with Gasteiger partial charge in [0.2, 0.25) is 0 Å². The molecule has 1 saturated heterocycles. The smallest absolute Gasteiger partial charge is 0.456 e. The molecule has 0 spiro atoms. The highest BCUT2D eigenvalue weighted by Gasteiger charge is 2.58. The van der Waals surface area contributed by atoms with E-state index in [4.69, 9.17) is 0 Å². The Morgan fingerprint density at radius 3 is 2.14 bits per heavy atom. The fraction of sp³-hybridized carbons (Fsp3) is 0.538. The predicted molar refractivity (Wildman–Crippen MR) is 126 cm³/mol. The van der Waals surface area contributed by atoms with Crippen molar-refractivity contribution in [1.29, 1.82) is 0 Å². The van der Waals surface area contributed by atoms with Crippen LogP contribution in [0.1, 0.15) is 37.7 Å². The Hall–Kier alpha value is -2.03. The Labute approximate surface area is 203 Å². The summed E-state index contributed by atoms with van der Waals surface area (Å²) >= 11 is 0. The Bertz CT molecular complexity index is 922. The fourth-order valence-electron chi connectivity index (χ4n) is 4.62. The number of benzene rings is 2. The molecule has 2 aromatic rings. The standard InChI is InChI=1S/C26H31F7OSi/c27-13-1-2-14-35-15-11-20(12-16-35)4-3-19-5-7-21(8-6-19)22-9-10-24(23(28)17-22)34-18-25(29,30)26(31,32)33/h5-10,17,20,35H,1-4,11-16,18H2. The zero-order valence-corrected chi connectivity index (χ0v) is 20.7. The molecule has 0 amide bonds. The van der Waals surface area contributed by atoms with Crippen LogP contribution in [-0.2, 0) is 6.42 Å². The number of aryl methyl sites for hydroxylation is 1. The van der Waals surface area contributed by atoms with Crippen molar-refractivity contribution in [2.45, 2.75) is 68.8 Å². The molecule has 2 aromatic carbocycles. The van der Waals surface area contributed by atoms with Crippen LogP contribution in [0.5, 0.6) is 5.75 Å². The third kappa shape index (κ3) is 7.98. The highest BCUT2D eigenvalue weighted by atomic mass is 28.3. The Kier molecular flexibility index (Phi) is 9.67. The summed E-state index contributed by atoms with van der Waals surface area (Å²) in [6.07, 6.45) is 0.595. The molecule has 35 heavy (non-hydrogen) atoms. The molecule has 1 heterocycles. The number of rotatable bonds is 11. The highest BCUT2D eigenvalue weighted by molar-refractivity contribution is 6.58. The molecular weight excluding hydrogens is 489 g/mol. The van der Waals surface area contributed by atoms with Gasteiger partial charge < -0.3 is 4.74 Å². The largest absolute Gasteiger partial charge is 0.484 e. The zero-order chi connectivity index (χ0) is 25.5. The maximum Gasteiger partial charge on any atom is 0.456 e. The number of ether oxygens (including phenoxy) is 1. The lowest BCUT2D eigenvalue weighted by atomic mass is 9.93. The topological polar surface area (TPSA) is 9.23 Å². The van der Waals surface area contributed by atoms with Crippen LogP contribution >= 0.6 is 0 Å². The fourth-order valence-corrected chi connectivity index (χ4v) is 8.24. The monoisotopic (exact) mass is 520 g/mol. The summed E-state index contributed by atoms with van der Waals surface area (Å²) in [5.74, 6) is -6.00. The molecule has 0 saturated carbocycles. The van der Waals surface area contributed by atoms with Crippen molar-refractivity contribution in [2.75, 3.05) is 13.3 Å². The average Bonchev–Trinajstić information content (AvgIpc) is 2.82. The second kappa shape index (κ2) is 12.3. The van der Waals surface area contributed by atoms with Crippen LogP contribution in [0.15, 0.2) is 42.5 Å². The summed E-state index contributed by atoms with van der Waals surface area (Å²) in [4.78, 5) is 0. The number of hydrogen-bond donors (Lipinski definition) is 0. The molecule has 0 aromatic heterocycles. The van der Waals surface area contributed by atoms with E-state index in [2.05, 4.69) is 4.74 Å². The van der Waals surface area contributed by atoms with Crippen molar-refractivity contribution >= 4 is 8.80 Å². The normalized spacial score (nSPS) is 19.1. The minimum atomic E-state index is -5.76. The SMILES string of the molecule is FCCCC[SiH]1CCC(CCc2ccc(-c3ccc(OCC(F)(F)C(F)(F)F)c(F)c3)cc2)CC1. The first-order valence-corrected chi connectivity index (χ1v) is 14.6. The third-order valence-electron chi connectivity index (χ3n) is 6.85. The van der Waals surface area contributed by atoms with Crippen LogP contribution < -0.4 is 4.74 Å². The number of halogens is 7. The van der Waals surface area contributed by atoms with Gasteiger partial charge in [-0.2, -0.15) is 22.0 Å². The van der Waals surface area contributed by atoms with Gasteiger partial charge in [0.05, 0.1) is 6.67 Å². The Morgan fingerprint density at radius 2 is 1.54 bits per heavy atom. The van der Waals surface area contributed by atoms with Crippen molar-refractivity contribution in [1.82, 2.24) is 0 Å². The zero-order valence-electron chi connectivity index (χ0n) is 19.5. The average molecular weight is 521 g/mol. The first-order valence-electron chi connectivity index (χ1n) is 12.1. The van der Waals surface area contributed by atoms with Crippen molar-refractivity contribution in [3.63, 3.8) is 0 Å². The highest BCUT2D eigenvalue weighted by Crippen LogP contribution is 2.36. The molecule has 0 atom stereocenters. The van der Waals surface area contributed by atoms with Crippen LogP contribution in [0.25, 0.3) is 11.1 Å². The number of unbranched alkanes of at least 4 members (excludes halogenated alkanes) is 1. The van der Waals surface area contributed by atoms with E-state index in [0.717, 1.165) is 37.3 Å². The van der Waals surface area contributed by atoms with Crippen molar-refractivity contribution in [2.24, 2.45) is 5.92 Å². The summed E-state index contributed by atoms with van der Waals surface area (Å²) in [5, 5.41) is 0. The first kappa shape index (κ1) is 27.6. The molecule has 1 nitrogen and oxygen atoms in total. The Morgan fingerprint density at radius 1 is 0.886 bits per heavy atom. The van der Waals surface area contributed by atoms with E-state index in [9.17, 15) is 30.7 Å². The second-order valence-electron chi connectivity index (χ2n) is 9.44. The van der Waals surface area contributed by atoms with E-state index in [1.807, 2.05) is 24.3 Å². The van der Waals surface area contributed by atoms with E-state index in [1.165, 1.54) is 42.6 Å². The lowest BCUT2D eigenvalue weighted by molar-refractivity contribution is -0.290. The maximum absolute atomic E-state index is 14.3. The van der Waals surface area contributed by atoms with Crippen LogP contribution in [0.3, 0.4) is 0 Å². The number of alkyl halides is 6. The van der Waals surface area contributed by atoms with Crippen molar-refractivity contribution in [3.05, 3.63) is 53.8 Å². The second-order valence-corrected chi connectivity index (χ2v) is 12.9. The van der Waals surface area contributed by atoms with Gasteiger partial charge in [-0.05, 0) is 54.0 Å². The number of hydrogen-bond acceptors (Lipinski definition) is 1. The van der Waals surface area contributed by atoms with Crippen molar-refractivity contribution < 1.29 is 35.5 Å². The van der Waals surface area contributed by atoms with Gasteiger partial charge in [0, 0.05) is 8.80 Å². The summed E-state index contributed by atoms with van der Waals surface area (Å²) in [6.45, 7) is -2.19. The van der Waals surface area contributed by atoms with Crippen LogP contribution in [0.2, 0.25) is 18.1 Å². The molecule has 194 valence electrons. The van der Waals surface area contributed by atoms with Gasteiger partial charge in [-0.3, -0.25) is 4.39 Å². The Balaban J connectivity index is 1.48. The summed E-state index contributed by atoms with van der Waals surface area (Å²) in [7, 11) is -0.659. The minimum absolute atomic E-state index is 0.204. The lowest BCUT2D eigenvalue weighted by Gasteiger charge is -2.27. The molecule has 1 aliphatic heterocycles. The molecule has 1 fully saturated rings. The lowest BCUT2D eigenvalue weighted by Crippen LogP contribution is -2.41. The molecule has 0 N–H and O–H groups in total. The molecule has 0 radical (unpaired) electrons. The molecular formula is C26H31F7OSi. The quantitative estimate of drug-likeness (QED) is 0.164. The first-order chi connectivity index (χ1) is 16.6. The van der Waals surface area contributed by atoms with Gasteiger partial charge in [0.25, 0.3) is 0 Å². The molecule has 0 bridgehead atoms. The van der Waals surface area contributed by atoms with E-state index in [0.29, 0.717) is 17.5 Å². The summed E-state index contributed by atoms with van der Waals surface area (Å²) < 4.78 is 93.7. The van der Waals surface area contributed by atoms with Gasteiger partial charge in [-0.15, -0.1) is 0 Å². The molecule has 1 aliphatic rings. The van der Waals surface area contributed by atoms with E-state index >= 15 is 0 Å². The molecule has 0 aliphatic carbocycles. The molecule has 0 unspecified atom stereocenters. The van der Waals surface area contributed by atoms with Gasteiger partial charge in [0.15, 0.2) is 18.2 Å².